The molecule has 0 atom stereocenters. The van der Waals surface area contributed by atoms with Gasteiger partial charge in [0.25, 0.3) is 0 Å². The molecule has 2 aromatic carbocycles. The van der Waals surface area contributed by atoms with Gasteiger partial charge < -0.3 is 0 Å². The normalized spacial score (nSPS) is 10.8. The number of nitrogens with zero attached hydrogens (tertiary/aromatic N) is 1. The van der Waals surface area contributed by atoms with Gasteiger partial charge >= 0.3 is 0 Å². The van der Waals surface area contributed by atoms with Crippen molar-refractivity contribution in [2.45, 2.75) is 0 Å². The Kier molecular flexibility index (Phi) is 3.06. The summed E-state index contributed by atoms with van der Waals surface area (Å²) in [7, 11) is 0. The third kappa shape index (κ3) is 2.02. The molecule has 3 rings (SSSR count). The highest BCUT2D eigenvalue weighted by Crippen LogP contribution is 2.33. The summed E-state index contributed by atoms with van der Waals surface area (Å²) in [4.78, 5) is 4.38. The number of hydrogen-bond donors (Lipinski definition) is 0. The second kappa shape index (κ2) is 4.71. The van der Waals surface area contributed by atoms with Gasteiger partial charge in [-0.2, -0.15) is 0 Å². The van der Waals surface area contributed by atoms with Gasteiger partial charge in [0.1, 0.15) is 0 Å². The van der Waals surface area contributed by atoms with Gasteiger partial charge in [-0.05, 0) is 29.8 Å². The minimum absolute atomic E-state index is 0.757. The summed E-state index contributed by atoms with van der Waals surface area (Å²) >= 11 is 9.72. The molecular weight excluding hydrogens is 310 g/mol. The molecule has 0 aliphatic carbocycles. The van der Waals surface area contributed by atoms with E-state index in [2.05, 4.69) is 27.0 Å². The summed E-state index contributed by atoms with van der Waals surface area (Å²) in [6, 6.07) is 15.9. The first-order valence-electron chi connectivity index (χ1n) is 5.55. The lowest BCUT2D eigenvalue weighted by molar-refractivity contribution is 1.41. The first-order valence-corrected chi connectivity index (χ1v) is 6.72. The minimum atomic E-state index is 0.757. The van der Waals surface area contributed by atoms with E-state index < -0.39 is 0 Å². The van der Waals surface area contributed by atoms with E-state index >= 15 is 0 Å². The van der Waals surface area contributed by atoms with E-state index in [0.717, 1.165) is 31.5 Å². The van der Waals surface area contributed by atoms with E-state index in [-0.39, 0.29) is 0 Å². The maximum Gasteiger partial charge on any atom is 0.0719 e. The molecule has 0 amide bonds. The van der Waals surface area contributed by atoms with Gasteiger partial charge in [-0.25, -0.2) is 0 Å². The van der Waals surface area contributed by atoms with E-state index in [1.54, 1.807) is 0 Å². The Bertz CT molecular complexity index is 725. The molecule has 0 aliphatic heterocycles. The maximum absolute atomic E-state index is 6.26. The topological polar surface area (TPSA) is 12.9 Å². The zero-order chi connectivity index (χ0) is 12.5. The van der Waals surface area contributed by atoms with Crippen LogP contribution in [0.3, 0.4) is 0 Å². The summed E-state index contributed by atoms with van der Waals surface area (Å²) in [5.74, 6) is 0. The van der Waals surface area contributed by atoms with Crippen LogP contribution in [0.1, 0.15) is 0 Å². The average Bonchev–Trinajstić information content (AvgIpc) is 2.38. The van der Waals surface area contributed by atoms with Crippen LogP contribution < -0.4 is 0 Å². The largest absolute Gasteiger partial charge is 0.256 e. The zero-order valence-corrected chi connectivity index (χ0v) is 11.7. The van der Waals surface area contributed by atoms with Crippen molar-refractivity contribution in [3.05, 3.63) is 64.2 Å². The third-order valence-electron chi connectivity index (χ3n) is 2.87. The van der Waals surface area contributed by atoms with E-state index in [4.69, 9.17) is 11.6 Å². The third-order valence-corrected chi connectivity index (χ3v) is 3.69. The highest BCUT2D eigenvalue weighted by Gasteiger charge is 2.07. The molecule has 18 heavy (non-hydrogen) atoms. The quantitative estimate of drug-likeness (QED) is 0.592. The van der Waals surface area contributed by atoms with E-state index in [1.165, 1.54) is 0 Å². The number of aromatic nitrogens is 1. The zero-order valence-electron chi connectivity index (χ0n) is 9.40. The molecule has 1 heterocycles. The molecule has 0 fully saturated rings. The van der Waals surface area contributed by atoms with Crippen LogP contribution in [0.2, 0.25) is 5.02 Å². The molecule has 0 unspecified atom stereocenters. The van der Waals surface area contributed by atoms with Crippen LogP contribution in [0.15, 0.2) is 59.2 Å². The van der Waals surface area contributed by atoms with Gasteiger partial charge in [-0.15, -0.1) is 0 Å². The summed E-state index contributed by atoms with van der Waals surface area (Å²) in [5, 5.41) is 1.86. The van der Waals surface area contributed by atoms with Crippen molar-refractivity contribution in [1.29, 1.82) is 0 Å². The lowest BCUT2D eigenvalue weighted by atomic mass is 10.0. The Morgan fingerprint density at radius 1 is 0.944 bits per heavy atom. The lowest BCUT2D eigenvalue weighted by Crippen LogP contribution is -1.85. The van der Waals surface area contributed by atoms with Crippen LogP contribution >= 0.6 is 27.5 Å². The van der Waals surface area contributed by atoms with Gasteiger partial charge in [-0.3, -0.25) is 4.98 Å². The van der Waals surface area contributed by atoms with Crippen LogP contribution in [0.25, 0.3) is 22.0 Å². The average molecular weight is 319 g/mol. The van der Waals surface area contributed by atoms with Crippen molar-refractivity contribution < 1.29 is 0 Å². The molecule has 88 valence electrons. The SMILES string of the molecule is Clc1ccccc1-c1ccnc2cc(Br)ccc12. The lowest BCUT2D eigenvalue weighted by Gasteiger charge is -2.08. The Balaban J connectivity index is 2.33. The molecule has 0 spiro atoms. The summed E-state index contributed by atoms with van der Waals surface area (Å²) in [6.07, 6.45) is 1.81. The van der Waals surface area contributed by atoms with Crippen LogP contribution in [0.4, 0.5) is 0 Å². The molecule has 0 bridgehead atoms. The molecular formula is C15H9BrClN. The number of fused-ring (bicyclic) bond motifs is 1. The van der Waals surface area contributed by atoms with E-state index in [0.29, 0.717) is 0 Å². The van der Waals surface area contributed by atoms with Crippen LogP contribution in [0, 0.1) is 0 Å². The van der Waals surface area contributed by atoms with Crippen LogP contribution in [-0.2, 0) is 0 Å². The number of rotatable bonds is 1. The fraction of sp³-hybridized carbons (Fsp3) is 0. The summed E-state index contributed by atoms with van der Waals surface area (Å²) in [5.41, 5.74) is 3.11. The van der Waals surface area contributed by atoms with E-state index in [1.807, 2.05) is 48.7 Å². The molecule has 0 N–H and O–H groups in total. The fourth-order valence-electron chi connectivity index (χ4n) is 2.04. The predicted octanol–water partition coefficient (Wildman–Crippen LogP) is 5.32. The second-order valence-electron chi connectivity index (χ2n) is 4.00. The molecule has 0 radical (unpaired) electrons. The van der Waals surface area contributed by atoms with Crippen molar-refractivity contribution in [3.63, 3.8) is 0 Å². The molecule has 1 aromatic heterocycles. The predicted molar refractivity (Wildman–Crippen MR) is 79.9 cm³/mol. The molecule has 0 saturated heterocycles. The Labute approximate surface area is 119 Å². The van der Waals surface area contributed by atoms with Crippen LogP contribution in [0.5, 0.6) is 0 Å². The van der Waals surface area contributed by atoms with Crippen LogP contribution in [-0.4, -0.2) is 4.98 Å². The Morgan fingerprint density at radius 3 is 2.61 bits per heavy atom. The van der Waals surface area contributed by atoms with Crippen molar-refractivity contribution in [3.8, 4) is 11.1 Å². The number of hydrogen-bond acceptors (Lipinski definition) is 1. The molecule has 0 aliphatic rings. The minimum Gasteiger partial charge on any atom is -0.256 e. The highest BCUT2D eigenvalue weighted by molar-refractivity contribution is 9.10. The Morgan fingerprint density at radius 2 is 1.78 bits per heavy atom. The first kappa shape index (κ1) is 11.7. The number of pyridine rings is 1. The smallest absolute Gasteiger partial charge is 0.0719 e. The Hall–Kier alpha value is -1.38. The monoisotopic (exact) mass is 317 g/mol. The van der Waals surface area contributed by atoms with Crippen molar-refractivity contribution >= 4 is 38.4 Å². The summed E-state index contributed by atoms with van der Waals surface area (Å²) < 4.78 is 1.03. The maximum atomic E-state index is 6.26. The van der Waals surface area contributed by atoms with Crippen molar-refractivity contribution in [1.82, 2.24) is 4.98 Å². The molecule has 3 aromatic rings. The van der Waals surface area contributed by atoms with Gasteiger partial charge in [-0.1, -0.05) is 51.8 Å². The van der Waals surface area contributed by atoms with Crippen molar-refractivity contribution in [2.75, 3.05) is 0 Å². The van der Waals surface area contributed by atoms with Crippen molar-refractivity contribution in [2.24, 2.45) is 0 Å². The van der Waals surface area contributed by atoms with Gasteiger partial charge in [0.05, 0.1) is 5.52 Å². The summed E-state index contributed by atoms with van der Waals surface area (Å²) in [6.45, 7) is 0. The second-order valence-corrected chi connectivity index (χ2v) is 5.32. The van der Waals surface area contributed by atoms with Gasteiger partial charge in [0.2, 0.25) is 0 Å². The molecule has 3 heteroatoms. The highest BCUT2D eigenvalue weighted by atomic mass is 79.9. The molecule has 1 nitrogen and oxygen atoms in total. The van der Waals surface area contributed by atoms with Gasteiger partial charge in [0.15, 0.2) is 0 Å². The molecule has 0 saturated carbocycles. The van der Waals surface area contributed by atoms with E-state index in [9.17, 15) is 0 Å². The first-order chi connectivity index (χ1) is 8.75. The number of benzene rings is 2. The number of halogens is 2. The standard InChI is InChI=1S/C15H9BrClN/c16-10-5-6-13-11(7-8-18-15(13)9-10)12-3-1-2-4-14(12)17/h1-9H. The van der Waals surface area contributed by atoms with Gasteiger partial charge in [0, 0.05) is 26.6 Å². The fourth-order valence-corrected chi connectivity index (χ4v) is 2.62.